The molecule has 3 aromatic rings. The monoisotopic (exact) mass is 424 g/mol. The second-order valence-electron chi connectivity index (χ2n) is 7.54. The summed E-state index contributed by atoms with van der Waals surface area (Å²) < 4.78 is 0. The molecule has 0 aliphatic carbocycles. The fraction of sp³-hybridized carbons (Fsp3) is 0.208. The Labute approximate surface area is 187 Å². The van der Waals surface area contributed by atoms with Crippen LogP contribution in [0.2, 0.25) is 0 Å². The predicted octanol–water partition coefficient (Wildman–Crippen LogP) is 5.20. The maximum atomic E-state index is 8.98. The highest BCUT2D eigenvalue weighted by Crippen LogP contribution is 2.26. The number of allylic oxidation sites excluding steroid dienone is 1. The molecule has 8 heteroatoms. The van der Waals surface area contributed by atoms with Gasteiger partial charge < -0.3 is 16.0 Å². The minimum Gasteiger partial charge on any atom is -0.352 e. The molecule has 3 rings (SSSR count). The quantitative estimate of drug-likeness (QED) is 0.442. The molecule has 0 unspecified atom stereocenters. The van der Waals surface area contributed by atoms with Gasteiger partial charge in [-0.2, -0.15) is 25.5 Å². The average molecular weight is 425 g/mol. The van der Waals surface area contributed by atoms with E-state index in [2.05, 4.69) is 37.0 Å². The van der Waals surface area contributed by atoms with E-state index in [1.165, 1.54) is 6.08 Å². The molecule has 0 aliphatic rings. The van der Waals surface area contributed by atoms with Gasteiger partial charge in [0, 0.05) is 23.5 Å². The molecule has 1 aromatic heterocycles. The third kappa shape index (κ3) is 5.80. The van der Waals surface area contributed by atoms with E-state index < -0.39 is 0 Å². The number of aromatic nitrogens is 3. The number of hydrogen-bond acceptors (Lipinski definition) is 8. The van der Waals surface area contributed by atoms with Crippen LogP contribution in [0.15, 0.2) is 42.5 Å². The van der Waals surface area contributed by atoms with E-state index in [0.717, 1.165) is 28.1 Å². The highest BCUT2D eigenvalue weighted by Gasteiger charge is 2.11. The van der Waals surface area contributed by atoms with Crippen LogP contribution < -0.4 is 16.0 Å². The molecule has 3 N–H and O–H groups in total. The van der Waals surface area contributed by atoms with Crippen molar-refractivity contribution in [3.8, 4) is 12.1 Å². The van der Waals surface area contributed by atoms with Gasteiger partial charge in [0.25, 0.3) is 0 Å². The molecule has 0 radical (unpaired) electrons. The summed E-state index contributed by atoms with van der Waals surface area (Å²) in [5, 5.41) is 27.4. The van der Waals surface area contributed by atoms with Gasteiger partial charge in [-0.05, 0) is 86.9 Å². The van der Waals surface area contributed by atoms with Crippen LogP contribution in [0, 0.1) is 36.5 Å². The minimum absolute atomic E-state index is 0.141. The second-order valence-corrected chi connectivity index (χ2v) is 7.54. The maximum Gasteiger partial charge on any atom is 0.233 e. The average Bonchev–Trinajstić information content (AvgIpc) is 2.75. The van der Waals surface area contributed by atoms with Gasteiger partial charge in [-0.3, -0.25) is 0 Å². The van der Waals surface area contributed by atoms with E-state index in [4.69, 9.17) is 10.5 Å². The maximum absolute atomic E-state index is 8.98. The standard InChI is InChI=1S/C24H24N8/c1-15(2)27-22-30-23(28-20-9-7-18(14-26)8-10-20)32-24(31-22)29-21-16(3)12-19(6-5-11-25)13-17(21)4/h5-10,12-13,15H,1-4H3,(H3,27,28,29,30,31,32). The Morgan fingerprint density at radius 2 is 1.47 bits per heavy atom. The van der Waals surface area contributed by atoms with Crippen molar-refractivity contribution in [2.24, 2.45) is 0 Å². The van der Waals surface area contributed by atoms with Gasteiger partial charge in [0.2, 0.25) is 17.8 Å². The molecular weight excluding hydrogens is 400 g/mol. The first-order valence-corrected chi connectivity index (χ1v) is 10.1. The van der Waals surface area contributed by atoms with Gasteiger partial charge in [0.15, 0.2) is 0 Å². The molecule has 0 atom stereocenters. The van der Waals surface area contributed by atoms with Crippen LogP contribution in [0.3, 0.4) is 0 Å². The highest BCUT2D eigenvalue weighted by molar-refractivity contribution is 5.68. The number of aryl methyl sites for hydroxylation is 2. The smallest absolute Gasteiger partial charge is 0.233 e. The van der Waals surface area contributed by atoms with Crippen molar-refractivity contribution < 1.29 is 0 Å². The SMILES string of the molecule is Cc1cc(C=CC#N)cc(C)c1Nc1nc(Nc2ccc(C#N)cc2)nc(NC(C)C)n1. The Bertz CT molecular complexity index is 1190. The van der Waals surface area contributed by atoms with Crippen molar-refractivity contribution in [1.82, 2.24) is 15.0 Å². The molecule has 160 valence electrons. The number of benzene rings is 2. The van der Waals surface area contributed by atoms with Crippen LogP contribution in [-0.2, 0) is 0 Å². The van der Waals surface area contributed by atoms with Gasteiger partial charge in [-0.1, -0.05) is 0 Å². The first kappa shape index (κ1) is 22.3. The summed E-state index contributed by atoms with van der Waals surface area (Å²) in [6.07, 6.45) is 3.23. The molecule has 0 fully saturated rings. The zero-order chi connectivity index (χ0) is 23.1. The fourth-order valence-corrected chi connectivity index (χ4v) is 3.10. The Morgan fingerprint density at radius 3 is 2.03 bits per heavy atom. The van der Waals surface area contributed by atoms with Crippen LogP contribution in [0.5, 0.6) is 0 Å². The van der Waals surface area contributed by atoms with Gasteiger partial charge >= 0.3 is 0 Å². The first-order valence-electron chi connectivity index (χ1n) is 10.1. The van der Waals surface area contributed by atoms with E-state index in [1.54, 1.807) is 30.3 Å². The largest absolute Gasteiger partial charge is 0.352 e. The van der Waals surface area contributed by atoms with Crippen LogP contribution in [-0.4, -0.2) is 21.0 Å². The van der Waals surface area contributed by atoms with Crippen molar-refractivity contribution in [3.05, 3.63) is 64.7 Å². The predicted molar refractivity (Wildman–Crippen MR) is 127 cm³/mol. The van der Waals surface area contributed by atoms with Crippen molar-refractivity contribution in [2.45, 2.75) is 33.7 Å². The van der Waals surface area contributed by atoms with Crippen molar-refractivity contribution in [1.29, 1.82) is 10.5 Å². The molecular formula is C24H24N8. The highest BCUT2D eigenvalue weighted by atomic mass is 15.3. The van der Waals surface area contributed by atoms with Crippen molar-refractivity contribution in [2.75, 3.05) is 16.0 Å². The molecule has 0 bridgehead atoms. The number of anilines is 5. The van der Waals surface area contributed by atoms with E-state index >= 15 is 0 Å². The molecule has 1 heterocycles. The Hall–Kier alpha value is -4.43. The number of nitriles is 2. The Kier molecular flexibility index (Phi) is 6.99. The lowest BCUT2D eigenvalue weighted by Gasteiger charge is -2.15. The van der Waals surface area contributed by atoms with Crippen molar-refractivity contribution >= 4 is 35.3 Å². The molecule has 2 aromatic carbocycles. The number of nitrogens with zero attached hydrogens (tertiary/aromatic N) is 5. The summed E-state index contributed by atoms with van der Waals surface area (Å²) in [5.41, 5.74) is 5.19. The summed E-state index contributed by atoms with van der Waals surface area (Å²) in [4.78, 5) is 13.5. The van der Waals surface area contributed by atoms with Gasteiger partial charge in [-0.15, -0.1) is 0 Å². The second kappa shape index (κ2) is 10.1. The number of rotatable bonds is 7. The molecule has 0 spiro atoms. The summed E-state index contributed by atoms with van der Waals surface area (Å²) in [6.45, 7) is 7.99. The lowest BCUT2D eigenvalue weighted by molar-refractivity contribution is 0.869. The van der Waals surface area contributed by atoms with E-state index in [0.29, 0.717) is 23.4 Å². The molecule has 0 amide bonds. The summed E-state index contributed by atoms with van der Waals surface area (Å²) >= 11 is 0. The Balaban J connectivity index is 1.93. The van der Waals surface area contributed by atoms with Crippen LogP contribution in [0.4, 0.5) is 29.2 Å². The summed E-state index contributed by atoms with van der Waals surface area (Å²) in [6, 6.07) is 15.3. The third-order valence-electron chi connectivity index (χ3n) is 4.47. The minimum atomic E-state index is 0.141. The van der Waals surface area contributed by atoms with E-state index in [9.17, 15) is 0 Å². The van der Waals surface area contributed by atoms with Crippen molar-refractivity contribution in [3.63, 3.8) is 0 Å². The zero-order valence-corrected chi connectivity index (χ0v) is 18.4. The lowest BCUT2D eigenvalue weighted by Crippen LogP contribution is -2.15. The molecule has 0 saturated heterocycles. The molecule has 8 nitrogen and oxygen atoms in total. The molecule has 0 aliphatic heterocycles. The molecule has 0 saturated carbocycles. The van der Waals surface area contributed by atoms with Gasteiger partial charge in [-0.25, -0.2) is 0 Å². The normalized spacial score (nSPS) is 10.6. The van der Waals surface area contributed by atoms with Gasteiger partial charge in [0.1, 0.15) is 0 Å². The van der Waals surface area contributed by atoms with E-state index in [-0.39, 0.29) is 6.04 Å². The van der Waals surface area contributed by atoms with E-state index in [1.807, 2.05) is 45.9 Å². The zero-order valence-electron chi connectivity index (χ0n) is 18.4. The van der Waals surface area contributed by atoms with Crippen LogP contribution >= 0.6 is 0 Å². The summed E-state index contributed by atoms with van der Waals surface area (Å²) in [7, 11) is 0. The number of nitrogens with one attached hydrogen (secondary N) is 3. The first-order chi connectivity index (χ1) is 15.4. The number of hydrogen-bond donors (Lipinski definition) is 3. The van der Waals surface area contributed by atoms with Gasteiger partial charge in [0.05, 0.1) is 17.7 Å². The lowest BCUT2D eigenvalue weighted by atomic mass is 10.0. The summed E-state index contributed by atoms with van der Waals surface area (Å²) in [5.74, 6) is 1.21. The van der Waals surface area contributed by atoms with Crippen LogP contribution in [0.1, 0.15) is 36.1 Å². The Morgan fingerprint density at radius 1 is 0.875 bits per heavy atom. The van der Waals surface area contributed by atoms with Crippen LogP contribution in [0.25, 0.3) is 6.08 Å². The molecule has 32 heavy (non-hydrogen) atoms. The fourth-order valence-electron chi connectivity index (χ4n) is 3.10. The topological polar surface area (TPSA) is 122 Å². The third-order valence-corrected chi connectivity index (χ3v) is 4.47.